The van der Waals surface area contributed by atoms with Gasteiger partial charge in [-0.3, -0.25) is 0 Å². The molecule has 0 spiro atoms. The standard InChI is InChI=1S/C26H20N2/c27-21-15-16-26-24(18-21)23-17-20(19-9-3-1-4-10-19)11-7-8-14-25(23)28(26)22-12-5-2-6-13-22/h1-18H,27H2. The van der Waals surface area contributed by atoms with Gasteiger partial charge in [0.1, 0.15) is 0 Å². The molecule has 0 saturated carbocycles. The third-order valence-corrected chi connectivity index (χ3v) is 5.13. The molecule has 1 aliphatic carbocycles. The molecule has 2 heteroatoms. The first-order chi connectivity index (χ1) is 13.8. The van der Waals surface area contributed by atoms with E-state index in [2.05, 4.69) is 95.6 Å². The minimum absolute atomic E-state index is 0.775. The maximum Gasteiger partial charge on any atom is 0.0542 e. The Balaban J connectivity index is 1.86. The Labute approximate surface area is 164 Å². The molecule has 28 heavy (non-hydrogen) atoms. The van der Waals surface area contributed by atoms with E-state index in [4.69, 9.17) is 5.73 Å². The van der Waals surface area contributed by atoms with Gasteiger partial charge >= 0.3 is 0 Å². The third-order valence-electron chi connectivity index (χ3n) is 5.13. The van der Waals surface area contributed by atoms with Gasteiger partial charge in [-0.25, -0.2) is 0 Å². The summed E-state index contributed by atoms with van der Waals surface area (Å²) in [5.41, 5.74) is 14.0. The Kier molecular flexibility index (Phi) is 3.95. The summed E-state index contributed by atoms with van der Waals surface area (Å²) in [6.45, 7) is 0. The average Bonchev–Trinajstić information content (AvgIpc) is 3.00. The summed E-state index contributed by atoms with van der Waals surface area (Å²) in [5.74, 6) is 0. The average molecular weight is 360 g/mol. The van der Waals surface area contributed by atoms with Crippen molar-refractivity contribution in [3.8, 4) is 5.69 Å². The minimum Gasteiger partial charge on any atom is -0.399 e. The molecule has 134 valence electrons. The first-order valence-corrected chi connectivity index (χ1v) is 9.42. The molecule has 1 aliphatic rings. The van der Waals surface area contributed by atoms with Crippen molar-refractivity contribution >= 4 is 34.3 Å². The fourth-order valence-corrected chi connectivity index (χ4v) is 3.84. The fourth-order valence-electron chi connectivity index (χ4n) is 3.84. The molecular formula is C26H20N2. The predicted octanol–water partition coefficient (Wildman–Crippen LogP) is 6.34. The number of allylic oxidation sites excluding steroid dienone is 4. The van der Waals surface area contributed by atoms with Crippen molar-refractivity contribution in [2.24, 2.45) is 0 Å². The topological polar surface area (TPSA) is 30.9 Å². The summed E-state index contributed by atoms with van der Waals surface area (Å²) in [7, 11) is 0. The van der Waals surface area contributed by atoms with Crippen LogP contribution in [0.1, 0.15) is 16.8 Å². The van der Waals surface area contributed by atoms with Gasteiger partial charge in [0.2, 0.25) is 0 Å². The van der Waals surface area contributed by atoms with E-state index in [0.717, 1.165) is 28.0 Å². The number of benzene rings is 3. The van der Waals surface area contributed by atoms with Gasteiger partial charge in [-0.05, 0) is 53.6 Å². The highest BCUT2D eigenvalue weighted by atomic mass is 15.0. The summed E-state index contributed by atoms with van der Waals surface area (Å²) >= 11 is 0. The van der Waals surface area contributed by atoms with Crippen molar-refractivity contribution in [3.05, 3.63) is 114 Å². The van der Waals surface area contributed by atoms with Crippen molar-refractivity contribution in [1.29, 1.82) is 0 Å². The van der Waals surface area contributed by atoms with Crippen LogP contribution >= 0.6 is 0 Å². The van der Waals surface area contributed by atoms with Crippen LogP contribution in [-0.2, 0) is 0 Å². The van der Waals surface area contributed by atoms with Crippen LogP contribution in [0.3, 0.4) is 0 Å². The molecule has 1 aromatic heterocycles. The van der Waals surface area contributed by atoms with Gasteiger partial charge in [0.05, 0.1) is 11.2 Å². The molecule has 3 aromatic carbocycles. The summed E-state index contributed by atoms with van der Waals surface area (Å²) < 4.78 is 2.30. The van der Waals surface area contributed by atoms with Crippen LogP contribution in [-0.4, -0.2) is 4.57 Å². The number of rotatable bonds is 2. The highest BCUT2D eigenvalue weighted by molar-refractivity contribution is 6.02. The van der Waals surface area contributed by atoms with Crippen LogP contribution in [0.15, 0.2) is 97.1 Å². The van der Waals surface area contributed by atoms with Crippen molar-refractivity contribution in [2.45, 2.75) is 0 Å². The first-order valence-electron chi connectivity index (χ1n) is 9.42. The molecule has 5 rings (SSSR count). The van der Waals surface area contributed by atoms with E-state index in [1.165, 1.54) is 16.7 Å². The lowest BCUT2D eigenvalue weighted by atomic mass is 9.99. The largest absolute Gasteiger partial charge is 0.399 e. The van der Waals surface area contributed by atoms with Crippen molar-refractivity contribution < 1.29 is 0 Å². The van der Waals surface area contributed by atoms with Gasteiger partial charge in [-0.1, -0.05) is 66.8 Å². The third kappa shape index (κ3) is 2.76. The van der Waals surface area contributed by atoms with Crippen LogP contribution in [0.5, 0.6) is 0 Å². The molecule has 0 amide bonds. The summed E-state index contributed by atoms with van der Waals surface area (Å²) in [6.07, 6.45) is 10.8. The van der Waals surface area contributed by atoms with Gasteiger partial charge < -0.3 is 10.3 Å². The normalized spacial score (nSPS) is 13.1. The van der Waals surface area contributed by atoms with Gasteiger partial charge in [0.25, 0.3) is 0 Å². The Morgan fingerprint density at radius 2 is 1.43 bits per heavy atom. The zero-order chi connectivity index (χ0) is 18.9. The van der Waals surface area contributed by atoms with Crippen molar-refractivity contribution in [2.75, 3.05) is 5.73 Å². The van der Waals surface area contributed by atoms with Gasteiger partial charge in [-0.2, -0.15) is 0 Å². The number of hydrogen-bond acceptors (Lipinski definition) is 1. The van der Waals surface area contributed by atoms with E-state index in [-0.39, 0.29) is 0 Å². The maximum absolute atomic E-state index is 6.16. The van der Waals surface area contributed by atoms with Crippen LogP contribution in [0.25, 0.3) is 34.3 Å². The maximum atomic E-state index is 6.16. The van der Waals surface area contributed by atoms with Crippen molar-refractivity contribution in [3.63, 3.8) is 0 Å². The van der Waals surface area contributed by atoms with Gasteiger partial charge in [0, 0.05) is 22.3 Å². The van der Waals surface area contributed by atoms with Gasteiger partial charge in [0.15, 0.2) is 0 Å². The van der Waals surface area contributed by atoms with Crippen molar-refractivity contribution in [1.82, 2.24) is 4.57 Å². The van der Waals surface area contributed by atoms with Crippen LogP contribution in [0.4, 0.5) is 5.69 Å². The second-order valence-corrected chi connectivity index (χ2v) is 6.93. The molecule has 0 fully saturated rings. The van der Waals surface area contributed by atoms with E-state index in [9.17, 15) is 0 Å². The highest BCUT2D eigenvalue weighted by Crippen LogP contribution is 2.35. The molecule has 0 atom stereocenters. The molecule has 0 bridgehead atoms. The van der Waals surface area contributed by atoms with Gasteiger partial charge in [-0.15, -0.1) is 0 Å². The molecule has 1 heterocycles. The zero-order valence-electron chi connectivity index (χ0n) is 15.4. The summed E-state index contributed by atoms with van der Waals surface area (Å²) in [5, 5.41) is 1.16. The molecule has 2 nitrogen and oxygen atoms in total. The van der Waals surface area contributed by atoms with E-state index >= 15 is 0 Å². The van der Waals surface area contributed by atoms with Crippen LogP contribution in [0, 0.1) is 0 Å². The van der Waals surface area contributed by atoms with E-state index in [1.54, 1.807) is 0 Å². The highest BCUT2D eigenvalue weighted by Gasteiger charge is 2.17. The predicted molar refractivity (Wildman–Crippen MR) is 120 cm³/mol. The van der Waals surface area contributed by atoms with E-state index in [0.29, 0.717) is 0 Å². The number of nitrogen functional groups attached to an aromatic ring is 1. The first kappa shape index (κ1) is 16.4. The smallest absolute Gasteiger partial charge is 0.0542 e. The molecule has 0 aliphatic heterocycles. The molecule has 0 unspecified atom stereocenters. The van der Waals surface area contributed by atoms with Crippen LogP contribution < -0.4 is 5.73 Å². The number of nitrogens with zero attached hydrogens (tertiary/aromatic N) is 1. The molecular weight excluding hydrogens is 340 g/mol. The van der Waals surface area contributed by atoms with E-state index < -0.39 is 0 Å². The quantitative estimate of drug-likeness (QED) is 0.416. The summed E-state index contributed by atoms with van der Waals surface area (Å²) in [4.78, 5) is 0. The lowest BCUT2D eigenvalue weighted by Gasteiger charge is -2.10. The molecule has 0 radical (unpaired) electrons. The SMILES string of the molecule is Nc1ccc2c(c1)c1c(n2-c2ccccc2)C=CC=CC(c2ccccc2)=C1. The number of hydrogen-bond donors (Lipinski definition) is 1. The Morgan fingerprint density at radius 1 is 0.714 bits per heavy atom. The second kappa shape index (κ2) is 6.75. The lowest BCUT2D eigenvalue weighted by Crippen LogP contribution is -1.97. The molecule has 2 N–H and O–H groups in total. The number of anilines is 1. The monoisotopic (exact) mass is 360 g/mol. The summed E-state index contributed by atoms with van der Waals surface area (Å²) in [6, 6.07) is 27.1. The fraction of sp³-hybridized carbons (Fsp3) is 0. The number of aromatic nitrogens is 1. The van der Waals surface area contributed by atoms with Crippen LogP contribution in [0.2, 0.25) is 0 Å². The molecule has 4 aromatic rings. The lowest BCUT2D eigenvalue weighted by molar-refractivity contribution is 1.10. The van der Waals surface area contributed by atoms with E-state index in [1.807, 2.05) is 18.2 Å². The Hall–Kier alpha value is -3.78. The number of nitrogens with two attached hydrogens (primary N) is 1. The minimum atomic E-state index is 0.775. The molecule has 0 saturated heterocycles. The zero-order valence-corrected chi connectivity index (χ0v) is 15.4. The second-order valence-electron chi connectivity index (χ2n) is 6.93. The number of fused-ring (bicyclic) bond motifs is 3. The Morgan fingerprint density at radius 3 is 2.21 bits per heavy atom. The Bertz CT molecular complexity index is 1240. The number of para-hydroxylation sites is 1.